The first-order valence-electron chi connectivity index (χ1n) is 11.3. The molecule has 1 fully saturated rings. The van der Waals surface area contributed by atoms with Gasteiger partial charge in [0, 0.05) is 53.5 Å². The summed E-state index contributed by atoms with van der Waals surface area (Å²) in [6, 6.07) is 9.82. The molecular formula is C24H29N3O6S2. The Balaban J connectivity index is 1.64. The molecule has 0 saturated carbocycles. The lowest BCUT2D eigenvalue weighted by atomic mass is 10.1. The van der Waals surface area contributed by atoms with Crippen LogP contribution in [0.1, 0.15) is 19.8 Å². The molecule has 9 nitrogen and oxygen atoms in total. The molecule has 1 atom stereocenters. The van der Waals surface area contributed by atoms with Gasteiger partial charge in [0.2, 0.25) is 21.8 Å². The lowest BCUT2D eigenvalue weighted by Crippen LogP contribution is -2.41. The van der Waals surface area contributed by atoms with Crippen LogP contribution in [0.4, 0.5) is 11.4 Å². The molecule has 4 rings (SSSR count). The van der Waals surface area contributed by atoms with Crippen LogP contribution in [0.3, 0.4) is 0 Å². The number of rotatable bonds is 7. The number of sulfonamides is 1. The van der Waals surface area contributed by atoms with Gasteiger partial charge < -0.3 is 19.7 Å². The fraction of sp³-hybridized carbons (Fsp3) is 0.417. The van der Waals surface area contributed by atoms with Gasteiger partial charge in [-0.25, -0.2) is 8.42 Å². The Morgan fingerprint density at radius 1 is 1.09 bits per heavy atom. The summed E-state index contributed by atoms with van der Waals surface area (Å²) in [7, 11) is -0.645. The predicted octanol–water partition coefficient (Wildman–Crippen LogP) is 3.20. The first kappa shape index (κ1) is 25.3. The summed E-state index contributed by atoms with van der Waals surface area (Å²) in [5, 5.41) is 2.79. The number of fused-ring (bicyclic) bond motifs is 1. The number of hydrogen-bond acceptors (Lipinski definition) is 7. The van der Waals surface area contributed by atoms with Crippen LogP contribution in [-0.4, -0.2) is 64.1 Å². The zero-order valence-electron chi connectivity index (χ0n) is 19.9. The lowest BCUT2D eigenvalue weighted by molar-refractivity contribution is -0.123. The highest BCUT2D eigenvalue weighted by Crippen LogP contribution is 2.38. The van der Waals surface area contributed by atoms with Gasteiger partial charge in [0.1, 0.15) is 18.0 Å². The van der Waals surface area contributed by atoms with Crippen molar-refractivity contribution >= 4 is 45.0 Å². The third-order valence-electron chi connectivity index (χ3n) is 6.04. The third kappa shape index (κ3) is 5.41. The number of nitrogens with one attached hydrogen (secondary N) is 1. The molecule has 0 spiro atoms. The third-order valence-corrected chi connectivity index (χ3v) is 9.25. The highest BCUT2D eigenvalue weighted by Gasteiger charge is 2.33. The second kappa shape index (κ2) is 10.5. The number of thioether (sulfide) groups is 1. The molecule has 0 bridgehead atoms. The van der Waals surface area contributed by atoms with Crippen LogP contribution in [0.5, 0.6) is 11.5 Å². The van der Waals surface area contributed by atoms with E-state index in [0.717, 1.165) is 17.7 Å². The molecule has 2 aromatic carbocycles. The Morgan fingerprint density at radius 3 is 2.37 bits per heavy atom. The maximum atomic E-state index is 13.2. The van der Waals surface area contributed by atoms with E-state index in [-0.39, 0.29) is 23.3 Å². The molecule has 2 amide bonds. The minimum atomic E-state index is -3.67. The number of carbonyl (C=O) groups excluding carboxylic acids is 2. The summed E-state index contributed by atoms with van der Waals surface area (Å²) in [6.45, 7) is 2.52. The molecule has 35 heavy (non-hydrogen) atoms. The van der Waals surface area contributed by atoms with Gasteiger partial charge in [0.15, 0.2) is 0 Å². The van der Waals surface area contributed by atoms with E-state index in [0.29, 0.717) is 41.7 Å². The van der Waals surface area contributed by atoms with Crippen molar-refractivity contribution in [2.75, 3.05) is 49.8 Å². The molecule has 1 N–H and O–H groups in total. The molecule has 188 valence electrons. The van der Waals surface area contributed by atoms with Gasteiger partial charge in [-0.15, -0.1) is 11.8 Å². The van der Waals surface area contributed by atoms with E-state index in [1.807, 2.05) is 0 Å². The van der Waals surface area contributed by atoms with Crippen LogP contribution in [-0.2, 0) is 19.6 Å². The number of anilines is 2. The van der Waals surface area contributed by atoms with Crippen molar-refractivity contribution in [1.82, 2.24) is 4.31 Å². The maximum absolute atomic E-state index is 13.2. The molecule has 0 aliphatic carbocycles. The molecule has 0 aromatic heterocycles. The minimum Gasteiger partial charge on any atom is -0.497 e. The Bertz CT molecular complexity index is 1210. The van der Waals surface area contributed by atoms with Crippen molar-refractivity contribution in [2.45, 2.75) is 29.6 Å². The zero-order valence-corrected chi connectivity index (χ0v) is 21.6. The minimum absolute atomic E-state index is 0.129. The molecule has 2 aliphatic rings. The second-order valence-corrected chi connectivity index (χ2v) is 11.5. The van der Waals surface area contributed by atoms with Crippen molar-refractivity contribution in [3.05, 3.63) is 36.4 Å². The van der Waals surface area contributed by atoms with Gasteiger partial charge in [-0.1, -0.05) is 6.92 Å². The summed E-state index contributed by atoms with van der Waals surface area (Å²) in [5.74, 6) is 0.567. The smallest absolute Gasteiger partial charge is 0.244 e. The topological polar surface area (TPSA) is 105 Å². The highest BCUT2D eigenvalue weighted by atomic mass is 32.2. The number of carbonyl (C=O) groups is 2. The van der Waals surface area contributed by atoms with Crippen molar-refractivity contribution in [2.24, 2.45) is 5.92 Å². The molecule has 1 saturated heterocycles. The molecule has 0 unspecified atom stereocenters. The summed E-state index contributed by atoms with van der Waals surface area (Å²) in [4.78, 5) is 28.5. The SMILES string of the molecule is COc1cc(NC(=O)CN2C(=O)[C@H](C)CSc3ccc(S(=O)(=O)N4CCCC4)cc32)cc(OC)c1. The van der Waals surface area contributed by atoms with Crippen LogP contribution < -0.4 is 19.7 Å². The zero-order chi connectivity index (χ0) is 25.2. The van der Waals surface area contributed by atoms with Crippen LogP contribution in [0.15, 0.2) is 46.2 Å². The number of amides is 2. The highest BCUT2D eigenvalue weighted by molar-refractivity contribution is 7.99. The number of nitrogens with zero attached hydrogens (tertiary/aromatic N) is 2. The summed E-state index contributed by atoms with van der Waals surface area (Å²) in [5.41, 5.74) is 0.893. The fourth-order valence-corrected chi connectivity index (χ4v) is 6.72. The Labute approximate surface area is 209 Å². The van der Waals surface area contributed by atoms with E-state index in [9.17, 15) is 18.0 Å². The Kier molecular flexibility index (Phi) is 7.58. The average molecular weight is 520 g/mol. The van der Waals surface area contributed by atoms with Gasteiger partial charge in [0.25, 0.3) is 0 Å². The van der Waals surface area contributed by atoms with E-state index >= 15 is 0 Å². The fourth-order valence-electron chi connectivity index (χ4n) is 4.13. The summed E-state index contributed by atoms with van der Waals surface area (Å²) in [6.07, 6.45) is 1.66. The standard InChI is InChI=1S/C24H29N3O6S2/c1-16-15-34-22-7-6-20(35(30,31)26-8-4-5-9-26)13-21(22)27(24(16)29)14-23(28)25-17-10-18(32-2)12-19(11-17)33-3/h6-7,10-13,16H,4-5,8-9,14-15H2,1-3H3,(H,25,28)/t16-/m1/s1. The van der Waals surface area contributed by atoms with Crippen LogP contribution in [0.25, 0.3) is 0 Å². The molecule has 11 heteroatoms. The first-order chi connectivity index (χ1) is 16.7. The molecule has 2 aromatic rings. The largest absolute Gasteiger partial charge is 0.497 e. The quantitative estimate of drug-likeness (QED) is 0.599. The molecular weight excluding hydrogens is 490 g/mol. The van der Waals surface area contributed by atoms with E-state index in [1.165, 1.54) is 41.3 Å². The van der Waals surface area contributed by atoms with Crippen molar-refractivity contribution in [3.63, 3.8) is 0 Å². The maximum Gasteiger partial charge on any atom is 0.244 e. The number of hydrogen-bond donors (Lipinski definition) is 1. The van der Waals surface area contributed by atoms with Crippen molar-refractivity contribution in [1.29, 1.82) is 0 Å². The second-order valence-electron chi connectivity index (χ2n) is 8.53. The molecule has 2 heterocycles. The van der Waals surface area contributed by atoms with Gasteiger partial charge in [-0.05, 0) is 31.0 Å². The van der Waals surface area contributed by atoms with E-state index in [1.54, 1.807) is 37.3 Å². The van der Waals surface area contributed by atoms with Crippen LogP contribution in [0.2, 0.25) is 0 Å². The van der Waals surface area contributed by atoms with Gasteiger partial charge >= 0.3 is 0 Å². The average Bonchev–Trinajstić information content (AvgIpc) is 3.38. The Hall–Kier alpha value is -2.76. The number of benzene rings is 2. The van der Waals surface area contributed by atoms with Crippen LogP contribution in [0, 0.1) is 5.92 Å². The monoisotopic (exact) mass is 519 g/mol. The van der Waals surface area contributed by atoms with Gasteiger partial charge in [-0.3, -0.25) is 9.59 Å². The number of methoxy groups -OCH3 is 2. The Morgan fingerprint density at radius 2 is 1.74 bits per heavy atom. The van der Waals surface area contributed by atoms with Gasteiger partial charge in [0.05, 0.1) is 24.8 Å². The van der Waals surface area contributed by atoms with Crippen LogP contribution >= 0.6 is 11.8 Å². The normalized spacial score (nSPS) is 18.7. The van der Waals surface area contributed by atoms with E-state index in [2.05, 4.69) is 5.32 Å². The molecule has 0 radical (unpaired) electrons. The van der Waals surface area contributed by atoms with Crippen molar-refractivity contribution < 1.29 is 27.5 Å². The predicted molar refractivity (Wildman–Crippen MR) is 135 cm³/mol. The summed E-state index contributed by atoms with van der Waals surface area (Å²) >= 11 is 1.48. The number of ether oxygens (including phenoxy) is 2. The van der Waals surface area contributed by atoms with Crippen molar-refractivity contribution in [3.8, 4) is 11.5 Å². The molecule has 2 aliphatic heterocycles. The lowest BCUT2D eigenvalue weighted by Gasteiger charge is -2.25. The first-order valence-corrected chi connectivity index (χ1v) is 13.8. The van der Waals surface area contributed by atoms with E-state index < -0.39 is 15.9 Å². The summed E-state index contributed by atoms with van der Waals surface area (Å²) < 4.78 is 38.3. The van der Waals surface area contributed by atoms with E-state index in [4.69, 9.17) is 9.47 Å². The van der Waals surface area contributed by atoms with Gasteiger partial charge in [-0.2, -0.15) is 4.31 Å².